The lowest BCUT2D eigenvalue weighted by molar-refractivity contribution is -0.384. The lowest BCUT2D eigenvalue weighted by atomic mass is 10.2. The van der Waals surface area contributed by atoms with Crippen LogP contribution in [0.1, 0.15) is 10.5 Å². The molecule has 21 heavy (non-hydrogen) atoms. The van der Waals surface area contributed by atoms with Crippen LogP contribution in [-0.4, -0.2) is 27.7 Å². The van der Waals surface area contributed by atoms with Crippen LogP contribution >= 0.6 is 22.6 Å². The van der Waals surface area contributed by atoms with Crippen molar-refractivity contribution in [1.82, 2.24) is 9.78 Å². The van der Waals surface area contributed by atoms with Crippen LogP contribution in [0.5, 0.6) is 5.75 Å². The van der Waals surface area contributed by atoms with E-state index in [1.807, 2.05) is 22.6 Å². The number of methoxy groups -OCH3 is 1. The van der Waals surface area contributed by atoms with Crippen LogP contribution in [0.15, 0.2) is 24.4 Å². The summed E-state index contributed by atoms with van der Waals surface area (Å²) in [6, 6.07) is 3.99. The Kier molecular flexibility index (Phi) is 4.40. The van der Waals surface area contributed by atoms with E-state index in [9.17, 15) is 14.9 Å². The van der Waals surface area contributed by atoms with Gasteiger partial charge in [-0.15, -0.1) is 0 Å². The molecule has 1 amide bonds. The molecule has 0 radical (unpaired) electrons. The van der Waals surface area contributed by atoms with Gasteiger partial charge in [0.15, 0.2) is 0 Å². The highest BCUT2D eigenvalue weighted by molar-refractivity contribution is 14.1. The number of rotatable bonds is 4. The van der Waals surface area contributed by atoms with Gasteiger partial charge in [0.25, 0.3) is 11.6 Å². The van der Waals surface area contributed by atoms with Crippen molar-refractivity contribution in [3.63, 3.8) is 0 Å². The molecule has 1 aromatic heterocycles. The van der Waals surface area contributed by atoms with Crippen LogP contribution in [0, 0.1) is 13.7 Å². The second-order valence-corrected chi connectivity index (χ2v) is 5.22. The van der Waals surface area contributed by atoms with Gasteiger partial charge in [0.2, 0.25) is 0 Å². The number of carbonyl (C=O) groups excluding carboxylic acids is 1. The maximum Gasteiger partial charge on any atom is 0.275 e. The summed E-state index contributed by atoms with van der Waals surface area (Å²) in [5, 5.41) is 17.4. The predicted molar refractivity (Wildman–Crippen MR) is 83.5 cm³/mol. The van der Waals surface area contributed by atoms with E-state index in [4.69, 9.17) is 4.74 Å². The Labute approximate surface area is 133 Å². The second kappa shape index (κ2) is 6.08. The van der Waals surface area contributed by atoms with Crippen LogP contribution in [-0.2, 0) is 7.05 Å². The van der Waals surface area contributed by atoms with Gasteiger partial charge in [0.1, 0.15) is 11.4 Å². The summed E-state index contributed by atoms with van der Waals surface area (Å²) in [5.74, 6) is -0.0793. The van der Waals surface area contributed by atoms with Crippen LogP contribution in [0.25, 0.3) is 0 Å². The smallest absolute Gasteiger partial charge is 0.275 e. The molecular formula is C12H11IN4O4. The van der Waals surface area contributed by atoms with E-state index in [0.29, 0.717) is 15.0 Å². The molecule has 1 aromatic carbocycles. The zero-order valence-corrected chi connectivity index (χ0v) is 13.3. The standard InChI is InChI=1S/C12H11IN4O4/c1-16-11(8(13)6-14-16)12(18)15-9-5-7(17(19)20)3-4-10(9)21-2/h3-6H,1-2H3,(H,15,18). The number of aromatic nitrogens is 2. The first kappa shape index (κ1) is 15.2. The zero-order valence-electron chi connectivity index (χ0n) is 11.2. The number of ether oxygens (including phenoxy) is 1. The molecule has 2 rings (SSSR count). The van der Waals surface area contributed by atoms with E-state index < -0.39 is 10.8 Å². The van der Waals surface area contributed by atoms with Gasteiger partial charge in [-0.3, -0.25) is 19.6 Å². The fourth-order valence-electron chi connectivity index (χ4n) is 1.75. The number of nitro benzene ring substituents is 1. The summed E-state index contributed by atoms with van der Waals surface area (Å²) in [7, 11) is 3.06. The molecule has 0 fully saturated rings. The first-order valence-corrected chi connectivity index (χ1v) is 6.83. The van der Waals surface area contributed by atoms with Gasteiger partial charge in [0.05, 0.1) is 27.5 Å². The SMILES string of the molecule is COc1ccc([N+](=O)[O-])cc1NC(=O)c1c(I)cnn1C. The van der Waals surface area contributed by atoms with Gasteiger partial charge in [0, 0.05) is 19.2 Å². The third-order valence-electron chi connectivity index (χ3n) is 2.75. The molecule has 110 valence electrons. The predicted octanol–water partition coefficient (Wildman–Crippen LogP) is 2.19. The Bertz CT molecular complexity index is 694. The number of anilines is 1. The molecule has 8 nitrogen and oxygen atoms in total. The van der Waals surface area contributed by atoms with E-state index in [1.165, 1.54) is 30.0 Å². The molecule has 2 aromatic rings. The molecule has 9 heteroatoms. The minimum Gasteiger partial charge on any atom is -0.495 e. The van der Waals surface area contributed by atoms with Gasteiger partial charge in [-0.2, -0.15) is 5.10 Å². The Morgan fingerprint density at radius 2 is 2.24 bits per heavy atom. The normalized spacial score (nSPS) is 10.2. The molecule has 0 bridgehead atoms. The summed E-state index contributed by atoms with van der Waals surface area (Å²) >= 11 is 1.99. The highest BCUT2D eigenvalue weighted by atomic mass is 127. The lowest BCUT2D eigenvalue weighted by Crippen LogP contribution is -2.17. The summed E-state index contributed by atoms with van der Waals surface area (Å²) in [5.41, 5.74) is 0.462. The van der Waals surface area contributed by atoms with Gasteiger partial charge in [-0.1, -0.05) is 0 Å². The van der Waals surface area contributed by atoms with Crippen molar-refractivity contribution in [2.24, 2.45) is 7.05 Å². The van der Waals surface area contributed by atoms with E-state index in [1.54, 1.807) is 13.2 Å². The average molecular weight is 402 g/mol. The molecule has 1 N–H and O–H groups in total. The molecular weight excluding hydrogens is 391 g/mol. The van der Waals surface area contributed by atoms with Crippen LogP contribution in [0.2, 0.25) is 0 Å². The molecule has 1 heterocycles. The largest absolute Gasteiger partial charge is 0.495 e. The molecule has 0 saturated carbocycles. The van der Waals surface area contributed by atoms with Gasteiger partial charge < -0.3 is 10.1 Å². The second-order valence-electron chi connectivity index (χ2n) is 4.06. The van der Waals surface area contributed by atoms with Crippen LogP contribution in [0.3, 0.4) is 0 Å². The highest BCUT2D eigenvalue weighted by Gasteiger charge is 2.18. The molecule has 0 saturated heterocycles. The van der Waals surface area contributed by atoms with Crippen molar-refractivity contribution in [3.05, 3.63) is 43.8 Å². The first-order chi connectivity index (χ1) is 9.93. The molecule has 0 spiro atoms. The summed E-state index contributed by atoms with van der Waals surface area (Å²) < 4.78 is 7.21. The number of benzene rings is 1. The van der Waals surface area contributed by atoms with Crippen molar-refractivity contribution in [2.75, 3.05) is 12.4 Å². The van der Waals surface area contributed by atoms with E-state index in [-0.39, 0.29) is 11.4 Å². The third-order valence-corrected chi connectivity index (χ3v) is 3.54. The Hall–Kier alpha value is -2.17. The number of carbonyl (C=O) groups is 1. The molecule has 0 atom stereocenters. The zero-order chi connectivity index (χ0) is 15.6. The third kappa shape index (κ3) is 3.12. The van der Waals surface area contributed by atoms with Crippen molar-refractivity contribution < 1.29 is 14.5 Å². The lowest BCUT2D eigenvalue weighted by Gasteiger charge is -2.10. The Morgan fingerprint density at radius 3 is 2.76 bits per heavy atom. The fraction of sp³-hybridized carbons (Fsp3) is 0.167. The number of halogens is 1. The summed E-state index contributed by atoms with van der Waals surface area (Å²) in [6.45, 7) is 0. The highest BCUT2D eigenvalue weighted by Crippen LogP contribution is 2.29. The topological polar surface area (TPSA) is 99.3 Å². The van der Waals surface area contributed by atoms with E-state index >= 15 is 0 Å². The minimum absolute atomic E-state index is 0.134. The number of non-ortho nitro benzene ring substituents is 1. The number of amides is 1. The minimum atomic E-state index is -0.539. The molecule has 0 aliphatic heterocycles. The van der Waals surface area contributed by atoms with Crippen molar-refractivity contribution in [3.8, 4) is 5.75 Å². The van der Waals surface area contributed by atoms with Gasteiger partial charge >= 0.3 is 0 Å². The molecule has 0 aliphatic carbocycles. The Morgan fingerprint density at radius 1 is 1.52 bits per heavy atom. The molecule has 0 aliphatic rings. The molecule has 0 unspecified atom stereocenters. The number of hydrogen-bond donors (Lipinski definition) is 1. The number of aryl methyl sites for hydroxylation is 1. The van der Waals surface area contributed by atoms with Crippen molar-refractivity contribution >= 4 is 39.9 Å². The summed E-state index contributed by atoms with van der Waals surface area (Å²) in [4.78, 5) is 22.5. The van der Waals surface area contributed by atoms with E-state index in [2.05, 4.69) is 10.4 Å². The average Bonchev–Trinajstić information content (AvgIpc) is 2.78. The number of nitro groups is 1. The maximum atomic E-state index is 12.3. The number of nitrogens with zero attached hydrogens (tertiary/aromatic N) is 3. The quantitative estimate of drug-likeness (QED) is 0.480. The number of hydrogen-bond acceptors (Lipinski definition) is 5. The fourth-order valence-corrected chi connectivity index (χ4v) is 2.47. The Balaban J connectivity index is 2.36. The summed E-state index contributed by atoms with van der Waals surface area (Å²) in [6.07, 6.45) is 1.56. The van der Waals surface area contributed by atoms with Crippen molar-refractivity contribution in [2.45, 2.75) is 0 Å². The van der Waals surface area contributed by atoms with Gasteiger partial charge in [-0.25, -0.2) is 0 Å². The first-order valence-electron chi connectivity index (χ1n) is 5.75. The number of nitrogens with one attached hydrogen (secondary N) is 1. The van der Waals surface area contributed by atoms with Crippen LogP contribution < -0.4 is 10.1 Å². The monoisotopic (exact) mass is 402 g/mol. The van der Waals surface area contributed by atoms with Crippen molar-refractivity contribution in [1.29, 1.82) is 0 Å². The van der Waals surface area contributed by atoms with E-state index in [0.717, 1.165) is 0 Å². The maximum absolute atomic E-state index is 12.3. The van der Waals surface area contributed by atoms with Gasteiger partial charge in [-0.05, 0) is 28.7 Å². The van der Waals surface area contributed by atoms with Crippen LogP contribution in [0.4, 0.5) is 11.4 Å².